The lowest BCUT2D eigenvalue weighted by Gasteiger charge is -2.10. The molecule has 0 saturated heterocycles. The Morgan fingerprint density at radius 2 is 2.12 bits per heavy atom. The molecular weight excluding hydrogens is 377 g/mol. The van der Waals surface area contributed by atoms with Crippen LogP contribution in [0.1, 0.15) is 12.8 Å². The Bertz CT molecular complexity index is 835. The Kier molecular flexibility index (Phi) is 7.33. The highest BCUT2D eigenvalue weighted by atomic mass is 35.5. The lowest BCUT2D eigenvalue weighted by atomic mass is 10.1. The van der Waals surface area contributed by atoms with Crippen molar-refractivity contribution in [1.29, 1.82) is 10.5 Å². The van der Waals surface area contributed by atoms with Crippen molar-refractivity contribution in [3.63, 3.8) is 0 Å². The topological polar surface area (TPSA) is 78.3 Å². The number of rotatable bonds is 8. The van der Waals surface area contributed by atoms with Crippen molar-refractivity contribution in [3.8, 4) is 23.5 Å². The van der Waals surface area contributed by atoms with E-state index in [1.165, 1.54) is 11.8 Å². The molecule has 128 valence electrons. The molecule has 0 aliphatic carbocycles. The number of thioether (sulfide) groups is 1. The molecule has 0 fully saturated rings. The molecule has 1 aromatic heterocycles. The molecule has 2 aromatic rings. The van der Waals surface area contributed by atoms with Crippen LogP contribution < -0.4 is 0 Å². The SMILES string of the molecule is C=CCn1c(SC[C@@H](C#N)CCC#N)nnc1-c1ccc(Cl)cc1Cl. The van der Waals surface area contributed by atoms with Gasteiger partial charge < -0.3 is 0 Å². The second-order valence-electron chi connectivity index (χ2n) is 5.16. The number of aromatic nitrogens is 3. The molecule has 0 amide bonds. The smallest absolute Gasteiger partial charge is 0.191 e. The average molecular weight is 392 g/mol. The molecule has 1 heterocycles. The lowest BCUT2D eigenvalue weighted by Crippen LogP contribution is -2.04. The molecule has 0 aliphatic rings. The summed E-state index contributed by atoms with van der Waals surface area (Å²) >= 11 is 13.7. The Morgan fingerprint density at radius 1 is 1.32 bits per heavy atom. The highest BCUT2D eigenvalue weighted by molar-refractivity contribution is 7.99. The molecule has 0 unspecified atom stereocenters. The summed E-state index contributed by atoms with van der Waals surface area (Å²) in [5.74, 6) is 0.956. The van der Waals surface area contributed by atoms with Crippen LogP contribution in [0.5, 0.6) is 0 Å². The summed E-state index contributed by atoms with van der Waals surface area (Å²) in [4.78, 5) is 0. The van der Waals surface area contributed by atoms with Gasteiger partial charge in [-0.05, 0) is 24.6 Å². The highest BCUT2D eigenvalue weighted by Gasteiger charge is 2.17. The van der Waals surface area contributed by atoms with Gasteiger partial charge in [-0.25, -0.2) is 0 Å². The summed E-state index contributed by atoms with van der Waals surface area (Å²) in [5, 5.41) is 28.0. The summed E-state index contributed by atoms with van der Waals surface area (Å²) < 4.78 is 1.89. The maximum Gasteiger partial charge on any atom is 0.191 e. The Morgan fingerprint density at radius 3 is 2.76 bits per heavy atom. The first-order valence-electron chi connectivity index (χ1n) is 7.49. The van der Waals surface area contributed by atoms with Crippen molar-refractivity contribution in [2.75, 3.05) is 5.75 Å². The van der Waals surface area contributed by atoms with Gasteiger partial charge >= 0.3 is 0 Å². The summed E-state index contributed by atoms with van der Waals surface area (Å²) in [7, 11) is 0. The summed E-state index contributed by atoms with van der Waals surface area (Å²) in [6.45, 7) is 4.28. The molecule has 0 bridgehead atoms. The van der Waals surface area contributed by atoms with E-state index in [-0.39, 0.29) is 5.92 Å². The van der Waals surface area contributed by atoms with E-state index in [0.29, 0.717) is 46.2 Å². The number of hydrogen-bond acceptors (Lipinski definition) is 5. The van der Waals surface area contributed by atoms with Crippen LogP contribution in [0.2, 0.25) is 10.0 Å². The van der Waals surface area contributed by atoms with Gasteiger partial charge in [-0.1, -0.05) is 41.0 Å². The Labute approximate surface area is 160 Å². The molecule has 1 atom stereocenters. The van der Waals surface area contributed by atoms with Crippen LogP contribution in [0, 0.1) is 28.6 Å². The van der Waals surface area contributed by atoms with Gasteiger partial charge in [0.2, 0.25) is 0 Å². The second-order valence-corrected chi connectivity index (χ2v) is 6.99. The minimum Gasteiger partial charge on any atom is -0.298 e. The number of nitrogens with zero attached hydrogens (tertiary/aromatic N) is 5. The van der Waals surface area contributed by atoms with Gasteiger partial charge in [0.15, 0.2) is 11.0 Å². The first-order chi connectivity index (χ1) is 12.1. The van der Waals surface area contributed by atoms with Crippen LogP contribution in [-0.4, -0.2) is 20.5 Å². The molecule has 0 saturated carbocycles. The number of nitriles is 2. The molecule has 25 heavy (non-hydrogen) atoms. The maximum atomic E-state index is 9.19. The van der Waals surface area contributed by atoms with Crippen molar-refractivity contribution < 1.29 is 0 Å². The van der Waals surface area contributed by atoms with Gasteiger partial charge in [0, 0.05) is 29.3 Å². The standard InChI is InChI=1S/C17H15Cl2N5S/c1-2-8-24-16(14-6-5-13(18)9-15(14)19)22-23-17(24)25-11-12(10-21)4-3-7-20/h2,5-6,9,12H,1,3-4,8,11H2/t12-/m1/s1. The third-order valence-electron chi connectivity index (χ3n) is 3.40. The summed E-state index contributed by atoms with van der Waals surface area (Å²) in [6.07, 6.45) is 2.66. The third kappa shape index (κ3) is 4.99. The third-order valence-corrected chi connectivity index (χ3v) is 5.08. The minimum atomic E-state index is -0.207. The summed E-state index contributed by atoms with van der Waals surface area (Å²) in [6, 6.07) is 9.50. The molecule has 0 aliphatic heterocycles. The molecule has 0 spiro atoms. The maximum absolute atomic E-state index is 9.19. The van der Waals surface area contributed by atoms with Crippen LogP contribution in [-0.2, 0) is 6.54 Å². The van der Waals surface area contributed by atoms with Crippen molar-refractivity contribution in [2.45, 2.75) is 24.5 Å². The largest absolute Gasteiger partial charge is 0.298 e. The Balaban J connectivity index is 2.26. The molecule has 2 rings (SSSR count). The minimum absolute atomic E-state index is 0.207. The van der Waals surface area contributed by atoms with Crippen LogP contribution in [0.3, 0.4) is 0 Å². The first-order valence-corrected chi connectivity index (χ1v) is 9.23. The van der Waals surface area contributed by atoms with Crippen LogP contribution in [0.15, 0.2) is 36.0 Å². The first kappa shape index (κ1) is 19.3. The van der Waals surface area contributed by atoms with Crippen LogP contribution in [0.25, 0.3) is 11.4 Å². The number of benzene rings is 1. The highest BCUT2D eigenvalue weighted by Crippen LogP contribution is 2.32. The van der Waals surface area contributed by atoms with E-state index in [9.17, 15) is 5.26 Å². The normalized spacial score (nSPS) is 11.5. The van der Waals surface area contributed by atoms with E-state index >= 15 is 0 Å². The zero-order chi connectivity index (χ0) is 18.2. The molecule has 1 aromatic carbocycles. The predicted octanol–water partition coefficient (Wildman–Crippen LogP) is 4.97. The zero-order valence-corrected chi connectivity index (χ0v) is 15.7. The fourth-order valence-electron chi connectivity index (χ4n) is 2.16. The quantitative estimate of drug-likeness (QED) is 0.468. The van der Waals surface area contributed by atoms with E-state index in [0.717, 1.165) is 5.56 Å². The Hall–Kier alpha value is -1.99. The van der Waals surface area contributed by atoms with Gasteiger partial charge in [0.25, 0.3) is 0 Å². The van der Waals surface area contributed by atoms with Crippen LogP contribution >= 0.6 is 35.0 Å². The number of allylic oxidation sites excluding steroid dienone is 1. The zero-order valence-electron chi connectivity index (χ0n) is 13.3. The van der Waals surface area contributed by atoms with Gasteiger partial charge in [0.1, 0.15) is 0 Å². The summed E-state index contributed by atoms with van der Waals surface area (Å²) in [5.41, 5.74) is 0.730. The monoisotopic (exact) mass is 391 g/mol. The van der Waals surface area contributed by atoms with Crippen molar-refractivity contribution in [3.05, 3.63) is 40.9 Å². The van der Waals surface area contributed by atoms with Gasteiger partial charge in [0.05, 0.1) is 23.1 Å². The van der Waals surface area contributed by atoms with E-state index in [1.807, 2.05) is 4.57 Å². The van der Waals surface area contributed by atoms with Crippen molar-refractivity contribution in [1.82, 2.24) is 14.8 Å². The molecule has 0 N–H and O–H groups in total. The van der Waals surface area contributed by atoms with Gasteiger partial charge in [-0.15, -0.1) is 16.8 Å². The molecule has 0 radical (unpaired) electrons. The van der Waals surface area contributed by atoms with Crippen molar-refractivity contribution in [2.24, 2.45) is 5.92 Å². The average Bonchev–Trinajstić information content (AvgIpc) is 2.98. The van der Waals surface area contributed by atoms with Crippen LogP contribution in [0.4, 0.5) is 0 Å². The van der Waals surface area contributed by atoms with E-state index in [2.05, 4.69) is 28.9 Å². The van der Waals surface area contributed by atoms with E-state index < -0.39 is 0 Å². The van der Waals surface area contributed by atoms with E-state index in [1.54, 1.807) is 24.3 Å². The van der Waals surface area contributed by atoms with Crippen molar-refractivity contribution >= 4 is 35.0 Å². The number of halogens is 2. The predicted molar refractivity (Wildman–Crippen MR) is 100 cm³/mol. The fraction of sp³-hybridized carbons (Fsp3) is 0.294. The lowest BCUT2D eigenvalue weighted by molar-refractivity contribution is 0.679. The fourth-order valence-corrected chi connectivity index (χ4v) is 3.66. The van der Waals surface area contributed by atoms with Gasteiger partial charge in [-0.3, -0.25) is 4.57 Å². The van der Waals surface area contributed by atoms with E-state index in [4.69, 9.17) is 28.5 Å². The molecular formula is C17H15Cl2N5S. The molecule has 5 nitrogen and oxygen atoms in total. The second kappa shape index (κ2) is 9.48. The van der Waals surface area contributed by atoms with Gasteiger partial charge in [-0.2, -0.15) is 10.5 Å². The molecule has 8 heteroatoms. The number of hydrogen-bond donors (Lipinski definition) is 0.